The lowest BCUT2D eigenvalue weighted by atomic mass is 10.2. The van der Waals surface area contributed by atoms with E-state index in [1.54, 1.807) is 18.5 Å². The molecule has 16 heavy (non-hydrogen) atoms. The van der Waals surface area contributed by atoms with Gasteiger partial charge in [-0.05, 0) is 25.0 Å². The number of hydrogen-bond acceptors (Lipinski definition) is 3. The highest BCUT2D eigenvalue weighted by Crippen LogP contribution is 2.12. The summed E-state index contributed by atoms with van der Waals surface area (Å²) >= 11 is 0. The third-order valence-corrected chi connectivity index (χ3v) is 2.11. The lowest BCUT2D eigenvalue weighted by Gasteiger charge is -2.06. The van der Waals surface area contributed by atoms with Crippen LogP contribution in [0, 0.1) is 6.92 Å². The van der Waals surface area contributed by atoms with Crippen molar-refractivity contribution in [3.8, 4) is 0 Å². The Morgan fingerprint density at radius 3 is 2.81 bits per heavy atom. The van der Waals surface area contributed by atoms with Gasteiger partial charge in [-0.1, -0.05) is 0 Å². The second-order valence-electron chi connectivity index (χ2n) is 3.49. The lowest BCUT2D eigenvalue weighted by Crippen LogP contribution is -2.12. The number of nitrogens with one attached hydrogen (secondary N) is 1. The fourth-order valence-corrected chi connectivity index (χ4v) is 1.21. The molecule has 1 rings (SSSR count). The smallest absolute Gasteiger partial charge is 0.303 e. The van der Waals surface area contributed by atoms with Gasteiger partial charge in [-0.25, -0.2) is 0 Å². The Hall–Kier alpha value is -1.91. The van der Waals surface area contributed by atoms with E-state index in [-0.39, 0.29) is 18.7 Å². The van der Waals surface area contributed by atoms with Gasteiger partial charge in [-0.2, -0.15) is 0 Å². The zero-order chi connectivity index (χ0) is 12.0. The summed E-state index contributed by atoms with van der Waals surface area (Å²) in [6, 6.07) is 1.80. The van der Waals surface area contributed by atoms with Crippen LogP contribution in [0.1, 0.15) is 24.8 Å². The molecule has 2 N–H and O–H groups in total. The van der Waals surface area contributed by atoms with E-state index >= 15 is 0 Å². The molecule has 0 atom stereocenters. The molecule has 1 heterocycles. The molecular weight excluding hydrogens is 208 g/mol. The number of carboxylic acids is 1. The number of aryl methyl sites for hydroxylation is 1. The third-order valence-electron chi connectivity index (χ3n) is 2.11. The van der Waals surface area contributed by atoms with Gasteiger partial charge in [0.05, 0.1) is 11.9 Å². The fourth-order valence-electron chi connectivity index (χ4n) is 1.21. The quantitative estimate of drug-likeness (QED) is 0.792. The number of anilines is 1. The highest BCUT2D eigenvalue weighted by Gasteiger charge is 2.05. The average Bonchev–Trinajstić information content (AvgIpc) is 2.21. The summed E-state index contributed by atoms with van der Waals surface area (Å²) in [7, 11) is 0. The molecule has 0 radical (unpaired) electrons. The lowest BCUT2D eigenvalue weighted by molar-refractivity contribution is -0.137. The Morgan fingerprint density at radius 1 is 1.44 bits per heavy atom. The Kier molecular flexibility index (Phi) is 4.44. The molecule has 86 valence electrons. The Bertz CT molecular complexity index is 391. The second kappa shape index (κ2) is 5.85. The van der Waals surface area contributed by atoms with E-state index in [1.165, 1.54) is 0 Å². The minimum absolute atomic E-state index is 0.0133. The maximum atomic E-state index is 11.4. The number of carbonyl (C=O) groups excluding carboxylic acids is 1. The van der Waals surface area contributed by atoms with Gasteiger partial charge in [0, 0.05) is 19.0 Å². The average molecular weight is 222 g/mol. The van der Waals surface area contributed by atoms with E-state index < -0.39 is 5.97 Å². The van der Waals surface area contributed by atoms with Crippen molar-refractivity contribution < 1.29 is 14.7 Å². The monoisotopic (exact) mass is 222 g/mol. The normalized spacial score (nSPS) is 9.81. The molecule has 0 aliphatic carbocycles. The highest BCUT2D eigenvalue weighted by atomic mass is 16.4. The Morgan fingerprint density at radius 2 is 2.19 bits per heavy atom. The number of pyridine rings is 1. The first-order valence-corrected chi connectivity index (χ1v) is 5.02. The van der Waals surface area contributed by atoms with Crippen molar-refractivity contribution >= 4 is 17.6 Å². The van der Waals surface area contributed by atoms with E-state index in [4.69, 9.17) is 5.11 Å². The molecule has 5 heteroatoms. The first-order chi connectivity index (χ1) is 7.59. The molecule has 0 aliphatic rings. The van der Waals surface area contributed by atoms with Crippen LogP contribution < -0.4 is 5.32 Å². The van der Waals surface area contributed by atoms with Gasteiger partial charge in [0.1, 0.15) is 0 Å². The molecule has 0 bridgehead atoms. The number of amides is 1. The van der Waals surface area contributed by atoms with Crippen LogP contribution in [0.15, 0.2) is 18.5 Å². The Labute approximate surface area is 93.5 Å². The van der Waals surface area contributed by atoms with Crippen LogP contribution in [0.2, 0.25) is 0 Å². The molecule has 0 saturated carbocycles. The van der Waals surface area contributed by atoms with Crippen LogP contribution in [0.4, 0.5) is 5.69 Å². The minimum atomic E-state index is -0.884. The van der Waals surface area contributed by atoms with Gasteiger partial charge >= 0.3 is 5.97 Å². The van der Waals surface area contributed by atoms with Crippen LogP contribution in [0.25, 0.3) is 0 Å². The largest absolute Gasteiger partial charge is 0.481 e. The summed E-state index contributed by atoms with van der Waals surface area (Å²) in [5, 5.41) is 11.1. The number of rotatable bonds is 5. The maximum Gasteiger partial charge on any atom is 0.303 e. The number of carbonyl (C=O) groups is 2. The van der Waals surface area contributed by atoms with Gasteiger partial charge in [0.2, 0.25) is 5.91 Å². The van der Waals surface area contributed by atoms with Crippen molar-refractivity contribution in [3.05, 3.63) is 24.0 Å². The standard InChI is InChI=1S/C11H14N2O3/c1-8-5-6-12-7-9(8)13-10(14)3-2-4-11(15)16/h5-7H,2-4H2,1H3,(H,13,14)(H,15,16). The zero-order valence-electron chi connectivity index (χ0n) is 9.06. The number of aromatic nitrogens is 1. The predicted molar refractivity (Wildman–Crippen MR) is 59.1 cm³/mol. The third kappa shape index (κ3) is 4.08. The number of carboxylic acid groups (broad SMARTS) is 1. The predicted octanol–water partition coefficient (Wildman–Crippen LogP) is 1.58. The molecule has 1 aromatic heterocycles. The molecule has 0 aromatic carbocycles. The molecular formula is C11H14N2O3. The van der Waals surface area contributed by atoms with E-state index in [1.807, 2.05) is 6.92 Å². The summed E-state index contributed by atoms with van der Waals surface area (Å²) in [6.07, 6.45) is 3.79. The topological polar surface area (TPSA) is 79.3 Å². The molecule has 0 unspecified atom stereocenters. The Balaban J connectivity index is 2.40. The first kappa shape index (κ1) is 12.2. The van der Waals surface area contributed by atoms with E-state index in [0.29, 0.717) is 12.1 Å². The van der Waals surface area contributed by atoms with Crippen molar-refractivity contribution in [2.24, 2.45) is 0 Å². The molecule has 0 fully saturated rings. The molecule has 5 nitrogen and oxygen atoms in total. The first-order valence-electron chi connectivity index (χ1n) is 5.02. The molecule has 1 aromatic rings. The number of nitrogens with zero attached hydrogens (tertiary/aromatic N) is 1. The van der Waals surface area contributed by atoms with Gasteiger partial charge in [0.25, 0.3) is 0 Å². The zero-order valence-corrected chi connectivity index (χ0v) is 9.06. The van der Waals surface area contributed by atoms with Gasteiger partial charge < -0.3 is 10.4 Å². The van der Waals surface area contributed by atoms with E-state index in [0.717, 1.165) is 5.56 Å². The molecule has 0 spiro atoms. The summed E-state index contributed by atoms with van der Waals surface area (Å²) < 4.78 is 0. The summed E-state index contributed by atoms with van der Waals surface area (Å²) in [5.41, 5.74) is 1.60. The van der Waals surface area contributed by atoms with Crippen LogP contribution in [0.3, 0.4) is 0 Å². The summed E-state index contributed by atoms with van der Waals surface area (Å²) in [6.45, 7) is 1.87. The fraction of sp³-hybridized carbons (Fsp3) is 0.364. The van der Waals surface area contributed by atoms with Crippen molar-refractivity contribution in [3.63, 3.8) is 0 Å². The minimum Gasteiger partial charge on any atom is -0.481 e. The summed E-state index contributed by atoms with van der Waals surface area (Å²) in [5.74, 6) is -1.07. The van der Waals surface area contributed by atoms with E-state index in [2.05, 4.69) is 10.3 Å². The van der Waals surface area contributed by atoms with Gasteiger partial charge in [0.15, 0.2) is 0 Å². The molecule has 0 saturated heterocycles. The van der Waals surface area contributed by atoms with Crippen LogP contribution in [-0.4, -0.2) is 22.0 Å². The van der Waals surface area contributed by atoms with Gasteiger partial charge in [-0.15, -0.1) is 0 Å². The van der Waals surface area contributed by atoms with Crippen molar-refractivity contribution in [1.82, 2.24) is 4.98 Å². The van der Waals surface area contributed by atoms with Crippen LogP contribution in [-0.2, 0) is 9.59 Å². The van der Waals surface area contributed by atoms with Crippen molar-refractivity contribution in [2.75, 3.05) is 5.32 Å². The summed E-state index contributed by atoms with van der Waals surface area (Å²) in [4.78, 5) is 25.6. The number of aliphatic carboxylic acids is 1. The van der Waals surface area contributed by atoms with Crippen LogP contribution in [0.5, 0.6) is 0 Å². The number of hydrogen-bond donors (Lipinski definition) is 2. The molecule has 1 amide bonds. The van der Waals surface area contributed by atoms with Crippen molar-refractivity contribution in [2.45, 2.75) is 26.2 Å². The second-order valence-corrected chi connectivity index (χ2v) is 3.49. The highest BCUT2D eigenvalue weighted by molar-refractivity contribution is 5.91. The van der Waals surface area contributed by atoms with Gasteiger partial charge in [-0.3, -0.25) is 14.6 Å². The molecule has 0 aliphatic heterocycles. The SMILES string of the molecule is Cc1ccncc1NC(=O)CCCC(=O)O. The van der Waals surface area contributed by atoms with E-state index in [9.17, 15) is 9.59 Å². The van der Waals surface area contributed by atoms with Crippen molar-refractivity contribution in [1.29, 1.82) is 0 Å². The maximum absolute atomic E-state index is 11.4. The van der Waals surface area contributed by atoms with Crippen LogP contribution >= 0.6 is 0 Å².